The zero-order valence-corrected chi connectivity index (χ0v) is 98.9. The van der Waals surface area contributed by atoms with Gasteiger partial charge >= 0.3 is 95.5 Å². The molecule has 866 valence electrons. The normalized spacial score (nSPS) is 12.7. The van der Waals surface area contributed by atoms with Crippen LogP contribution in [-0.4, -0.2) is 230 Å². The first-order valence-corrected chi connectivity index (χ1v) is 51.3. The minimum atomic E-state index is -0.945. The molecule has 0 aliphatic rings. The second kappa shape index (κ2) is 132. The fourth-order valence-electron chi connectivity index (χ4n) is 7.94. The summed E-state index contributed by atoms with van der Waals surface area (Å²) in [6.07, 6.45) is 22.0. The van der Waals surface area contributed by atoms with Crippen LogP contribution in [0.3, 0.4) is 0 Å². The van der Waals surface area contributed by atoms with Gasteiger partial charge in [0.1, 0.15) is 0 Å². The molecule has 0 aromatic rings. The maximum absolute atomic E-state index is 10.6. The molecular weight excluding hydrogens is 1870 g/mol. The third kappa shape index (κ3) is 170. The standard InChI is InChI=1S/14C7H14O2.C6H12O3.C5H10O3.CH4/c14*1-4-6(2)5-7(8)9-3;1-3-5(7)4-6(8)9-2;1-2-4(6)3-5(7)8;/h14*6H,4-5H2,1-3H3;5,7H,3-4H2,1-2H3;4,6H,2-3H2,1H3,(H,7,8);1H4. The van der Waals surface area contributed by atoms with Crippen LogP contribution in [0.1, 0.15) is 421 Å². The molecule has 0 heterocycles. The number of carbonyl (C=O) groups excluding carboxylic acids is 15. The van der Waals surface area contributed by atoms with Crippen LogP contribution in [0.15, 0.2) is 0 Å². The summed E-state index contributed by atoms with van der Waals surface area (Å²) < 4.78 is 67.1. The molecule has 0 bridgehead atoms. The lowest BCUT2D eigenvalue weighted by atomic mass is 10.1. The highest BCUT2D eigenvalue weighted by Gasteiger charge is 2.16. The maximum Gasteiger partial charge on any atom is 0.308 e. The minimum Gasteiger partial charge on any atom is -0.481 e. The summed E-state index contributed by atoms with van der Waals surface area (Å²) in [7, 11) is 21.2. The number of hydrogen-bond donors (Lipinski definition) is 3. The fraction of sp³-hybridized carbons (Fsp3) is 0.855. The van der Waals surface area contributed by atoms with Gasteiger partial charge in [0.15, 0.2) is 0 Å². The van der Waals surface area contributed by atoms with Crippen molar-refractivity contribution < 1.29 is 163 Å². The second-order valence-electron chi connectivity index (χ2n) is 35.6. The van der Waals surface area contributed by atoms with Gasteiger partial charge < -0.3 is 86.4 Å². The highest BCUT2D eigenvalue weighted by molar-refractivity contribution is 5.74. The molecule has 34 nitrogen and oxygen atoms in total. The number of carbonyl (C=O) groups is 16. The lowest BCUT2D eigenvalue weighted by molar-refractivity contribution is -0.143. The van der Waals surface area contributed by atoms with E-state index < -0.39 is 18.2 Å². The van der Waals surface area contributed by atoms with Crippen LogP contribution in [0.4, 0.5) is 0 Å². The number of esters is 15. The Labute approximate surface area is 876 Å². The van der Waals surface area contributed by atoms with Gasteiger partial charge in [-0.05, 0) is 95.7 Å². The van der Waals surface area contributed by atoms with Gasteiger partial charge in [0.05, 0.1) is 132 Å². The van der Waals surface area contributed by atoms with Crippen LogP contribution in [-0.2, 0) is 148 Å². The van der Waals surface area contributed by atoms with E-state index in [0.29, 0.717) is 186 Å². The Kier molecular flexibility index (Phi) is 161. The summed E-state index contributed by atoms with van der Waals surface area (Å²) >= 11 is 0. The largest absolute Gasteiger partial charge is 0.481 e. The Bertz CT molecular complexity index is 2240. The van der Waals surface area contributed by atoms with Crippen molar-refractivity contribution >= 4 is 95.5 Å². The van der Waals surface area contributed by atoms with Gasteiger partial charge in [-0.3, -0.25) is 76.7 Å². The van der Waals surface area contributed by atoms with Gasteiger partial charge in [0, 0.05) is 89.9 Å². The van der Waals surface area contributed by atoms with Crippen LogP contribution in [0.25, 0.3) is 0 Å². The van der Waals surface area contributed by atoms with E-state index in [1.165, 1.54) is 107 Å². The molecule has 0 rings (SSSR count). The summed E-state index contributed by atoms with van der Waals surface area (Å²) in [6, 6.07) is 0. The first kappa shape index (κ1) is 175. The predicted molar refractivity (Wildman–Crippen MR) is 573 cm³/mol. The highest BCUT2D eigenvalue weighted by atomic mass is 16.6. The molecule has 0 fully saturated rings. The molecule has 0 aromatic carbocycles. The number of rotatable bonds is 48. The van der Waals surface area contributed by atoms with E-state index in [1.807, 2.05) is 104 Å². The smallest absolute Gasteiger partial charge is 0.308 e. The molecule has 0 spiro atoms. The third-order valence-electron chi connectivity index (χ3n) is 22.1. The fourth-order valence-corrected chi connectivity index (χ4v) is 7.94. The molecule has 0 amide bonds. The number of aliphatic hydroxyl groups is 2. The second-order valence-corrected chi connectivity index (χ2v) is 35.6. The maximum atomic E-state index is 10.6. The topological polar surface area (TPSA) is 472 Å². The van der Waals surface area contributed by atoms with Crippen molar-refractivity contribution in [2.24, 2.45) is 82.9 Å². The SMILES string of the molecule is C.CCC(C)CC(=O)OC.CCC(C)CC(=O)OC.CCC(C)CC(=O)OC.CCC(C)CC(=O)OC.CCC(C)CC(=O)OC.CCC(C)CC(=O)OC.CCC(C)CC(=O)OC.CCC(C)CC(=O)OC.CCC(C)CC(=O)OC.CCC(C)CC(=O)OC.CCC(C)CC(=O)OC.CCC(C)CC(=O)OC.CCC(C)CC(=O)OC.CCC(C)CC(=O)OC.CCC(O)CC(=O)O.CCC(O)CC(=O)OC. The number of methoxy groups -OCH3 is 15. The third-order valence-corrected chi connectivity index (χ3v) is 22.1. The van der Waals surface area contributed by atoms with Crippen LogP contribution in [0, 0.1) is 82.9 Å². The quantitative estimate of drug-likeness (QED) is 0.0376. The Morgan fingerprint density at radius 2 is 0.215 bits per heavy atom. The summed E-state index contributed by atoms with van der Waals surface area (Å²) in [5.41, 5.74) is 0. The molecule has 0 radical (unpaired) electrons. The van der Waals surface area contributed by atoms with Gasteiger partial charge in [0.2, 0.25) is 0 Å². The average molecular weight is 2090 g/mol. The summed E-state index contributed by atoms with van der Waals surface area (Å²) in [4.78, 5) is 168. The Hall–Kier alpha value is -8.56. The van der Waals surface area contributed by atoms with Crippen molar-refractivity contribution in [2.45, 2.75) is 433 Å². The first-order chi connectivity index (χ1) is 66.7. The molecule has 34 heteroatoms. The van der Waals surface area contributed by atoms with Crippen LogP contribution < -0.4 is 0 Å². The van der Waals surface area contributed by atoms with E-state index in [2.05, 4.69) is 168 Å². The Morgan fingerprint density at radius 3 is 0.264 bits per heavy atom. The minimum absolute atomic E-state index is 0. The molecule has 3 N–H and O–H groups in total. The van der Waals surface area contributed by atoms with E-state index >= 15 is 0 Å². The van der Waals surface area contributed by atoms with Crippen molar-refractivity contribution in [3.63, 3.8) is 0 Å². The molecule has 0 aliphatic heterocycles. The lowest BCUT2D eigenvalue weighted by Gasteiger charge is -2.04. The average Bonchev–Trinajstić information content (AvgIpc) is 1.04. The molecule has 0 saturated carbocycles. The summed E-state index contributed by atoms with van der Waals surface area (Å²) in [6.45, 7) is 61.0. The number of aliphatic hydroxyl groups excluding tert-OH is 2. The first-order valence-electron chi connectivity index (χ1n) is 51.3. The zero-order chi connectivity index (χ0) is 116. The molecule has 0 aliphatic carbocycles. The molecule has 16 atom stereocenters. The summed E-state index contributed by atoms with van der Waals surface area (Å²) in [5.74, 6) is 3.58. The summed E-state index contributed by atoms with van der Waals surface area (Å²) in [5, 5.41) is 25.6. The van der Waals surface area contributed by atoms with E-state index in [4.69, 9.17) is 15.3 Å². The molecule has 16 unspecified atom stereocenters. The van der Waals surface area contributed by atoms with Crippen molar-refractivity contribution in [3.8, 4) is 0 Å². The molecule has 144 heavy (non-hydrogen) atoms. The van der Waals surface area contributed by atoms with E-state index in [1.54, 1.807) is 6.92 Å². The number of hydrogen-bond acceptors (Lipinski definition) is 33. The van der Waals surface area contributed by atoms with E-state index in [0.717, 1.165) is 89.9 Å². The number of aliphatic carboxylic acids is 1. The molecule has 0 saturated heterocycles. The number of carboxylic acid groups (broad SMARTS) is 1. The van der Waals surface area contributed by atoms with Crippen molar-refractivity contribution in [1.82, 2.24) is 0 Å². The van der Waals surface area contributed by atoms with Crippen LogP contribution in [0.5, 0.6) is 0 Å². The Balaban J connectivity index is -0.0000000796. The Morgan fingerprint density at radius 1 is 0.146 bits per heavy atom. The van der Waals surface area contributed by atoms with Gasteiger partial charge in [0.25, 0.3) is 0 Å². The highest BCUT2D eigenvalue weighted by Crippen LogP contribution is 2.16. The van der Waals surface area contributed by atoms with Crippen LogP contribution >= 0.6 is 0 Å². The van der Waals surface area contributed by atoms with Gasteiger partial charge in [-0.1, -0.05) is 305 Å². The number of carboxylic acids is 1. The van der Waals surface area contributed by atoms with E-state index in [-0.39, 0.29) is 110 Å². The zero-order valence-electron chi connectivity index (χ0n) is 98.9. The predicted octanol–water partition coefficient (Wildman–Crippen LogP) is 23.5. The van der Waals surface area contributed by atoms with E-state index in [9.17, 15) is 76.7 Å². The van der Waals surface area contributed by atoms with Gasteiger partial charge in [-0.25, -0.2) is 0 Å². The lowest BCUT2D eigenvalue weighted by Crippen LogP contribution is -2.12. The number of ether oxygens (including phenoxy) is 15. The van der Waals surface area contributed by atoms with Crippen molar-refractivity contribution in [2.75, 3.05) is 107 Å². The van der Waals surface area contributed by atoms with Crippen molar-refractivity contribution in [3.05, 3.63) is 0 Å². The van der Waals surface area contributed by atoms with Gasteiger partial charge in [-0.2, -0.15) is 0 Å². The van der Waals surface area contributed by atoms with Crippen molar-refractivity contribution in [1.29, 1.82) is 0 Å². The monoisotopic (exact) mass is 2090 g/mol. The molecular formula is C110H222O34. The molecule has 0 aromatic heterocycles. The van der Waals surface area contributed by atoms with Gasteiger partial charge in [-0.15, -0.1) is 0 Å². The van der Waals surface area contributed by atoms with Crippen LogP contribution in [0.2, 0.25) is 0 Å².